The van der Waals surface area contributed by atoms with E-state index in [0.717, 1.165) is 26.8 Å². The summed E-state index contributed by atoms with van der Waals surface area (Å²) in [5.41, 5.74) is 7.43. The fourth-order valence-corrected chi connectivity index (χ4v) is 3.80. The number of nitrogens with zero attached hydrogens (tertiary/aromatic N) is 1. The number of urea groups is 1. The lowest BCUT2D eigenvalue weighted by atomic mass is 9.99. The van der Waals surface area contributed by atoms with Crippen LogP contribution >= 0.6 is 22.6 Å². The van der Waals surface area contributed by atoms with Crippen LogP contribution in [0.5, 0.6) is 5.75 Å². The van der Waals surface area contributed by atoms with Crippen LogP contribution in [0.25, 0.3) is 0 Å². The van der Waals surface area contributed by atoms with E-state index in [1.165, 1.54) is 24.3 Å². The zero-order chi connectivity index (χ0) is 24.7. The number of hydrogen-bond acceptors (Lipinski definition) is 5. The van der Waals surface area contributed by atoms with Crippen molar-refractivity contribution in [2.45, 2.75) is 18.8 Å². The number of ether oxygens (including phenoxy) is 1. The van der Waals surface area contributed by atoms with E-state index < -0.39 is 23.1 Å². The molecule has 178 valence electrons. The molecule has 0 radical (unpaired) electrons. The summed E-state index contributed by atoms with van der Waals surface area (Å²) in [4.78, 5) is 22.8. The Morgan fingerprint density at radius 2 is 1.68 bits per heavy atom. The van der Waals surface area contributed by atoms with Gasteiger partial charge in [0.1, 0.15) is 5.75 Å². The molecule has 2 amide bonds. The van der Waals surface area contributed by atoms with Crippen LogP contribution in [-0.4, -0.2) is 17.3 Å². The van der Waals surface area contributed by atoms with E-state index in [1.807, 2.05) is 24.3 Å². The van der Waals surface area contributed by atoms with Crippen LogP contribution in [0.3, 0.4) is 0 Å². The number of halogens is 4. The summed E-state index contributed by atoms with van der Waals surface area (Å²) in [5, 5.41) is 13.4. The van der Waals surface area contributed by atoms with Crippen LogP contribution in [0.2, 0.25) is 0 Å². The van der Waals surface area contributed by atoms with E-state index in [2.05, 4.69) is 43.5 Å². The Morgan fingerprint density at radius 1 is 1.03 bits per heavy atom. The average Bonchev–Trinajstić information content (AvgIpc) is 2.78. The molecule has 0 aliphatic heterocycles. The number of alkyl halides is 3. The smallest absolute Gasteiger partial charge is 0.406 e. The van der Waals surface area contributed by atoms with Gasteiger partial charge < -0.3 is 10.1 Å². The quantitative estimate of drug-likeness (QED) is 0.178. The van der Waals surface area contributed by atoms with Crippen LogP contribution in [0.4, 0.5) is 29.3 Å². The molecule has 0 fully saturated rings. The third kappa shape index (κ3) is 7.59. The van der Waals surface area contributed by atoms with Crippen LogP contribution < -0.4 is 20.9 Å². The van der Waals surface area contributed by atoms with Crippen molar-refractivity contribution in [3.63, 3.8) is 0 Å². The lowest BCUT2D eigenvalue weighted by molar-refractivity contribution is -0.384. The number of nitro groups is 1. The van der Waals surface area contributed by atoms with Crippen LogP contribution in [-0.2, 0) is 6.42 Å². The van der Waals surface area contributed by atoms with Gasteiger partial charge in [0.15, 0.2) is 0 Å². The summed E-state index contributed by atoms with van der Waals surface area (Å²) in [6, 6.07) is 17.4. The first-order valence-electron chi connectivity index (χ1n) is 9.77. The van der Waals surface area contributed by atoms with Crippen molar-refractivity contribution in [2.75, 3.05) is 5.32 Å². The Hall–Kier alpha value is -3.39. The molecule has 34 heavy (non-hydrogen) atoms. The maximum Gasteiger partial charge on any atom is 0.573 e. The molecule has 0 bridgehead atoms. The monoisotopic (exact) mass is 586 g/mol. The van der Waals surface area contributed by atoms with Crippen molar-refractivity contribution in [3.05, 3.63) is 97.6 Å². The minimum atomic E-state index is -4.80. The highest BCUT2D eigenvalue weighted by Gasteiger charge is 2.31. The summed E-state index contributed by atoms with van der Waals surface area (Å²) < 4.78 is 41.5. The van der Waals surface area contributed by atoms with Gasteiger partial charge in [-0.1, -0.05) is 30.3 Å². The summed E-state index contributed by atoms with van der Waals surface area (Å²) in [7, 11) is 0. The molecule has 8 nitrogen and oxygen atoms in total. The average molecular weight is 586 g/mol. The molecular formula is C22H18F3IN4O4. The van der Waals surface area contributed by atoms with E-state index >= 15 is 0 Å². The van der Waals surface area contributed by atoms with Crippen LogP contribution in [0.1, 0.15) is 17.2 Å². The van der Waals surface area contributed by atoms with Crippen LogP contribution in [0.15, 0.2) is 72.8 Å². The highest BCUT2D eigenvalue weighted by molar-refractivity contribution is 14.1. The Labute approximate surface area is 205 Å². The molecule has 0 spiro atoms. The topological polar surface area (TPSA) is 106 Å². The normalized spacial score (nSPS) is 12.0. The Bertz CT molecular complexity index is 1140. The molecule has 3 aromatic rings. The summed E-state index contributed by atoms with van der Waals surface area (Å²) in [6.45, 7) is 0. The molecule has 3 aromatic carbocycles. The van der Waals surface area contributed by atoms with E-state index in [0.29, 0.717) is 6.42 Å². The van der Waals surface area contributed by atoms with Crippen molar-refractivity contribution in [1.82, 2.24) is 10.9 Å². The first kappa shape index (κ1) is 25.2. The van der Waals surface area contributed by atoms with Gasteiger partial charge in [-0.2, -0.15) is 0 Å². The number of benzene rings is 3. The lowest BCUT2D eigenvalue weighted by Crippen LogP contribution is -2.43. The maximum atomic E-state index is 12.3. The Morgan fingerprint density at radius 3 is 2.26 bits per heavy atom. The van der Waals surface area contributed by atoms with E-state index in [1.54, 1.807) is 12.1 Å². The zero-order valence-electron chi connectivity index (χ0n) is 17.3. The summed E-state index contributed by atoms with van der Waals surface area (Å²) in [6.07, 6.45) is -4.38. The Kier molecular flexibility index (Phi) is 8.28. The van der Waals surface area contributed by atoms with E-state index in [9.17, 15) is 28.1 Å². The number of rotatable bonds is 8. The molecule has 0 saturated heterocycles. The molecule has 0 saturated carbocycles. The molecule has 0 aliphatic carbocycles. The van der Waals surface area contributed by atoms with Gasteiger partial charge in [0.05, 0.1) is 11.0 Å². The van der Waals surface area contributed by atoms with Gasteiger partial charge in [0.25, 0.3) is 5.69 Å². The van der Waals surface area contributed by atoms with Gasteiger partial charge in [-0.05, 0) is 70.5 Å². The van der Waals surface area contributed by atoms with Crippen LogP contribution in [0, 0.1) is 13.7 Å². The number of hydrogen-bond donors (Lipinski definition) is 3. The van der Waals surface area contributed by atoms with Gasteiger partial charge in [-0.25, -0.2) is 10.2 Å². The number of carbonyl (C=O) groups excluding carboxylic acids is 1. The fraction of sp³-hybridized carbons (Fsp3) is 0.136. The molecule has 0 heterocycles. The minimum absolute atomic E-state index is 0.0216. The number of nitro benzene ring substituents is 1. The second-order valence-electron chi connectivity index (χ2n) is 7.00. The predicted octanol–water partition coefficient (Wildman–Crippen LogP) is 5.71. The number of hydrazine groups is 1. The highest BCUT2D eigenvalue weighted by atomic mass is 127. The molecule has 1 atom stereocenters. The second-order valence-corrected chi connectivity index (χ2v) is 8.16. The van der Waals surface area contributed by atoms with Gasteiger partial charge in [0.2, 0.25) is 0 Å². The van der Waals surface area contributed by atoms with E-state index in [4.69, 9.17) is 0 Å². The van der Waals surface area contributed by atoms with Gasteiger partial charge >= 0.3 is 12.4 Å². The van der Waals surface area contributed by atoms with Crippen molar-refractivity contribution in [2.24, 2.45) is 0 Å². The number of anilines is 1. The maximum absolute atomic E-state index is 12.3. The second kappa shape index (κ2) is 11.2. The SMILES string of the molecule is O=C(NNC(Cc1ccc([N+](=O)[O-])cc1)c1ccccc1I)Nc1ccc(OC(F)(F)F)cc1. The fourth-order valence-electron chi connectivity index (χ4n) is 3.04. The van der Waals surface area contributed by atoms with Crippen molar-refractivity contribution < 1.29 is 27.6 Å². The lowest BCUT2D eigenvalue weighted by Gasteiger charge is -2.21. The summed E-state index contributed by atoms with van der Waals surface area (Å²) in [5.74, 6) is -0.404. The number of amides is 2. The Balaban J connectivity index is 1.66. The number of non-ortho nitro benzene ring substituents is 1. The molecule has 3 rings (SSSR count). The number of nitrogens with one attached hydrogen (secondary N) is 3. The molecule has 0 aromatic heterocycles. The number of carbonyl (C=O) groups is 1. The van der Waals surface area contributed by atoms with Gasteiger partial charge in [0, 0.05) is 21.4 Å². The molecule has 12 heteroatoms. The zero-order valence-corrected chi connectivity index (χ0v) is 19.5. The largest absolute Gasteiger partial charge is 0.573 e. The van der Waals surface area contributed by atoms with E-state index in [-0.39, 0.29) is 17.4 Å². The minimum Gasteiger partial charge on any atom is -0.406 e. The highest BCUT2D eigenvalue weighted by Crippen LogP contribution is 2.25. The van der Waals surface area contributed by atoms with Crippen molar-refractivity contribution in [3.8, 4) is 5.75 Å². The first-order chi connectivity index (χ1) is 16.1. The van der Waals surface area contributed by atoms with Gasteiger partial charge in [-0.3, -0.25) is 15.5 Å². The van der Waals surface area contributed by atoms with Crippen molar-refractivity contribution in [1.29, 1.82) is 0 Å². The molecule has 0 aliphatic rings. The predicted molar refractivity (Wildman–Crippen MR) is 127 cm³/mol. The third-order valence-corrected chi connectivity index (χ3v) is 5.56. The molecule has 3 N–H and O–H groups in total. The third-order valence-electron chi connectivity index (χ3n) is 4.57. The summed E-state index contributed by atoms with van der Waals surface area (Å²) >= 11 is 2.17. The molecular weight excluding hydrogens is 568 g/mol. The molecule has 1 unspecified atom stereocenters. The standard InChI is InChI=1S/C22H18F3IN4O4/c23-22(24,25)34-17-11-7-15(8-12-17)27-21(31)29-28-20(18-3-1-2-4-19(18)26)13-14-5-9-16(10-6-14)30(32)33/h1-12,20,28H,13H2,(H2,27,29,31). The van der Waals surface area contributed by atoms with Crippen molar-refractivity contribution >= 4 is 40.0 Å². The first-order valence-corrected chi connectivity index (χ1v) is 10.8. The van der Waals surface area contributed by atoms with Gasteiger partial charge in [-0.15, -0.1) is 13.2 Å².